The first-order chi connectivity index (χ1) is 1.73. The number of hydrogen-bond donors (Lipinski definition) is 0. The summed E-state index contributed by atoms with van der Waals surface area (Å²) in [7, 11) is 0. The Kier molecular flexibility index (Phi) is 1.62. The van der Waals surface area contributed by atoms with Crippen LogP contribution in [0.3, 0.4) is 0 Å². The van der Waals surface area contributed by atoms with Crippen molar-refractivity contribution in [1.29, 1.82) is 0 Å². The van der Waals surface area contributed by atoms with Crippen molar-refractivity contribution in [2.45, 2.75) is 0 Å². The molecule has 0 aromatic carbocycles. The average molecular weight is 109 g/mol. The van der Waals surface area contributed by atoms with Gasteiger partial charge in [-0.2, -0.15) is 0 Å². The third-order valence-corrected chi connectivity index (χ3v) is 0. The Balaban J connectivity index is 2.80. The molecule has 28 valence electrons. The second kappa shape index (κ2) is 1.53. The van der Waals surface area contributed by atoms with E-state index in [1.165, 1.54) is 0 Å². The summed E-state index contributed by atoms with van der Waals surface area (Å²) in [6, 6.07) is 0. The second-order valence-electron chi connectivity index (χ2n) is 0.191. The van der Waals surface area contributed by atoms with Crippen molar-refractivity contribution in [3.05, 3.63) is 0 Å². The van der Waals surface area contributed by atoms with E-state index < -0.39 is 5.00 Å². The van der Waals surface area contributed by atoms with E-state index in [1.54, 1.807) is 0 Å². The average Bonchev–Trinajstić information content (AvgIpc) is 0.811. The summed E-state index contributed by atoms with van der Waals surface area (Å²) in [5, 5.41) is 0. The zero-order valence-electron chi connectivity index (χ0n) is 1.57. The van der Waals surface area contributed by atoms with E-state index in [9.17, 15) is 8.78 Å². The minimum atomic E-state index is -1.96. The number of halogens is 2. The molecule has 0 aliphatic heterocycles. The Hall–Kier alpha value is 0.224. The van der Waals surface area contributed by atoms with Gasteiger partial charge < -0.3 is 0 Å². The molecular formula is CF2Ni. The van der Waals surface area contributed by atoms with Crippen molar-refractivity contribution in [2.24, 2.45) is 0 Å². The van der Waals surface area contributed by atoms with E-state index in [2.05, 4.69) is 15.0 Å². The maximum atomic E-state index is 10.1. The molecule has 0 bridgehead atoms. The summed E-state index contributed by atoms with van der Waals surface area (Å²) in [5.74, 6) is 0. The molecule has 0 N–H and O–H groups in total. The zero-order valence-corrected chi connectivity index (χ0v) is 2.56. The van der Waals surface area contributed by atoms with Gasteiger partial charge in [0.25, 0.3) is 0 Å². The van der Waals surface area contributed by atoms with Gasteiger partial charge in [-0.15, -0.1) is 0 Å². The molecule has 0 heterocycles. The monoisotopic (exact) mass is 108 g/mol. The molecule has 0 spiro atoms. The van der Waals surface area contributed by atoms with Crippen molar-refractivity contribution in [3.8, 4) is 0 Å². The van der Waals surface area contributed by atoms with Crippen molar-refractivity contribution < 1.29 is 23.8 Å². The van der Waals surface area contributed by atoms with Gasteiger partial charge in [0, 0.05) is 0 Å². The molecule has 0 amide bonds. The molecule has 0 aromatic rings. The second-order valence-corrected chi connectivity index (χ2v) is 0.564. The third-order valence-electron chi connectivity index (χ3n) is 0. The van der Waals surface area contributed by atoms with E-state index >= 15 is 0 Å². The Labute approximate surface area is 29.7 Å². The molecule has 0 aliphatic carbocycles. The van der Waals surface area contributed by atoms with Crippen molar-refractivity contribution in [2.75, 3.05) is 0 Å². The molecule has 0 nitrogen and oxygen atoms in total. The topological polar surface area (TPSA) is 0 Å². The zero-order chi connectivity index (χ0) is 3.58. The van der Waals surface area contributed by atoms with Crippen LogP contribution < -0.4 is 0 Å². The Morgan fingerprint density at radius 2 is 1.50 bits per heavy atom. The van der Waals surface area contributed by atoms with Crippen molar-refractivity contribution in [1.82, 2.24) is 0 Å². The van der Waals surface area contributed by atoms with E-state index in [-0.39, 0.29) is 0 Å². The van der Waals surface area contributed by atoms with Gasteiger partial charge in [0.15, 0.2) is 0 Å². The van der Waals surface area contributed by atoms with Crippen LogP contribution in [0.15, 0.2) is 0 Å². The molecule has 0 atom stereocenters. The molecule has 0 radical (unpaired) electrons. The van der Waals surface area contributed by atoms with Crippen LogP contribution in [0.5, 0.6) is 0 Å². The van der Waals surface area contributed by atoms with Gasteiger partial charge in [-0.3, -0.25) is 0 Å². The fourth-order valence-electron chi connectivity index (χ4n) is 0. The van der Waals surface area contributed by atoms with E-state index in [4.69, 9.17) is 0 Å². The fourth-order valence-corrected chi connectivity index (χ4v) is 0. The molecule has 0 rings (SSSR count). The van der Waals surface area contributed by atoms with Crippen molar-refractivity contribution >= 4 is 5.00 Å². The first-order valence-electron chi connectivity index (χ1n) is 0.536. The molecule has 0 fully saturated rings. The molecular weight excluding hydrogens is 109 g/mol. The maximum absolute atomic E-state index is 10.1. The van der Waals surface area contributed by atoms with Crippen molar-refractivity contribution in [3.63, 3.8) is 0 Å². The fraction of sp³-hybridized carbons (Fsp3) is 0. The van der Waals surface area contributed by atoms with Gasteiger partial charge in [0.05, 0.1) is 0 Å². The van der Waals surface area contributed by atoms with Gasteiger partial charge >= 0.3 is 28.8 Å². The Morgan fingerprint density at radius 3 is 1.50 bits per heavy atom. The molecule has 0 saturated heterocycles. The van der Waals surface area contributed by atoms with Crippen LogP contribution in [0.1, 0.15) is 0 Å². The van der Waals surface area contributed by atoms with Gasteiger partial charge in [0.2, 0.25) is 0 Å². The normalized spacial score (nSPS) is 7.00. The van der Waals surface area contributed by atoms with Gasteiger partial charge in [0.1, 0.15) is 0 Å². The molecule has 0 aliphatic rings. The van der Waals surface area contributed by atoms with Gasteiger partial charge in [-0.05, 0) is 0 Å². The Bertz CT molecular complexity index is 29.0. The van der Waals surface area contributed by atoms with Gasteiger partial charge in [-0.1, -0.05) is 0 Å². The van der Waals surface area contributed by atoms with Crippen LogP contribution >= 0.6 is 0 Å². The van der Waals surface area contributed by atoms with E-state index in [0.717, 1.165) is 0 Å². The molecule has 0 saturated carbocycles. The minimum absolute atomic E-state index is 1.96. The predicted octanol–water partition coefficient (Wildman–Crippen LogP) is 0.560. The quantitative estimate of drug-likeness (QED) is 0.398. The predicted molar refractivity (Wildman–Crippen MR) is 7.22 cm³/mol. The van der Waals surface area contributed by atoms with Crippen LogP contribution in [0, 0.1) is 0 Å². The molecule has 3 heteroatoms. The third kappa shape index (κ3) is 66.6. The summed E-state index contributed by atoms with van der Waals surface area (Å²) < 4.78 is 20.2. The number of rotatable bonds is 0. The van der Waals surface area contributed by atoms with E-state index in [0.29, 0.717) is 0 Å². The molecule has 0 aromatic heterocycles. The van der Waals surface area contributed by atoms with Crippen LogP contribution in [0.2, 0.25) is 0 Å². The van der Waals surface area contributed by atoms with Crippen LogP contribution in [-0.4, -0.2) is 5.00 Å². The van der Waals surface area contributed by atoms with Crippen LogP contribution in [0.25, 0.3) is 0 Å². The first kappa shape index (κ1) is 4.22. The summed E-state index contributed by atoms with van der Waals surface area (Å²) >= 11 is 2.96. The van der Waals surface area contributed by atoms with Gasteiger partial charge in [-0.25, -0.2) is 0 Å². The van der Waals surface area contributed by atoms with Crippen LogP contribution in [-0.2, 0) is 15.0 Å². The summed E-state index contributed by atoms with van der Waals surface area (Å²) in [5.41, 5.74) is 0. The number of hydrogen-bond acceptors (Lipinski definition) is 0. The first-order valence-corrected chi connectivity index (χ1v) is 1.03. The van der Waals surface area contributed by atoms with Crippen LogP contribution in [0.4, 0.5) is 8.78 Å². The molecule has 4 heavy (non-hydrogen) atoms. The summed E-state index contributed by atoms with van der Waals surface area (Å²) in [4.78, 5) is -1.96. The summed E-state index contributed by atoms with van der Waals surface area (Å²) in [6.45, 7) is 0. The summed E-state index contributed by atoms with van der Waals surface area (Å²) in [6.07, 6.45) is 0. The SMILES string of the molecule is F[C](F)=[Ni]. The molecule has 0 unspecified atom stereocenters. The standard InChI is InChI=1S/CF2.Ni/c2-1-3;. The Morgan fingerprint density at radius 1 is 1.50 bits per heavy atom. The van der Waals surface area contributed by atoms with E-state index in [1.807, 2.05) is 0 Å².